The number of amides is 2. The molecule has 1 fully saturated rings. The molecule has 1 N–H and O–H groups in total. The van der Waals surface area contributed by atoms with Gasteiger partial charge in [-0.2, -0.15) is 0 Å². The minimum atomic E-state index is -0.657. The minimum Gasteiger partial charge on any atom is -0.378 e. The van der Waals surface area contributed by atoms with Crippen LogP contribution in [0.1, 0.15) is 24.8 Å². The number of nitrogens with zero attached hydrogens (tertiary/aromatic N) is 2. The maximum absolute atomic E-state index is 12.6. The predicted molar refractivity (Wildman–Crippen MR) is 123 cm³/mol. The van der Waals surface area contributed by atoms with E-state index in [-0.39, 0.29) is 23.1 Å². The molecule has 3 rings (SSSR count). The summed E-state index contributed by atoms with van der Waals surface area (Å²) in [6, 6.07) is 15.6. The number of hydrogen-bond donors (Lipinski definition) is 1. The molecule has 7 heteroatoms. The molecule has 5 nitrogen and oxygen atoms in total. The van der Waals surface area contributed by atoms with Gasteiger partial charge in [0, 0.05) is 37.0 Å². The Morgan fingerprint density at radius 3 is 2.55 bits per heavy atom. The number of nitrogens with one attached hydrogen (secondary N) is 1. The Morgan fingerprint density at radius 1 is 1.24 bits per heavy atom. The molecule has 1 aliphatic heterocycles. The van der Waals surface area contributed by atoms with Gasteiger partial charge < -0.3 is 10.2 Å². The molecule has 154 valence electrons. The lowest BCUT2D eigenvalue weighted by Gasteiger charge is -2.26. The van der Waals surface area contributed by atoms with Crippen molar-refractivity contribution in [2.45, 2.75) is 19.2 Å². The molecule has 1 atom stereocenters. The van der Waals surface area contributed by atoms with E-state index in [1.807, 2.05) is 86.3 Å². The molecule has 0 radical (unpaired) electrons. The molecule has 0 spiro atoms. The monoisotopic (exact) mass is 431 g/mol. The third-order valence-corrected chi connectivity index (χ3v) is 6.77. The summed E-state index contributed by atoms with van der Waals surface area (Å²) in [5.41, 5.74) is 2.97. The molecule has 29 heavy (non-hydrogen) atoms. The summed E-state index contributed by atoms with van der Waals surface area (Å²) >= 11 is 7.50. The fourth-order valence-corrected chi connectivity index (χ4v) is 4.28. The standard InChI is InChI=1S/C22H26ClN3O2S/c1-22(2,14-23)21(28)24-16-7-5-6-15(12-16)20-26(19(27)13-29-20)18-10-8-17(9-11-18)25(3)4/h5-12,20H,13-14H2,1-4H3,(H,24,28). The van der Waals surface area contributed by atoms with Crippen molar-refractivity contribution >= 4 is 52.2 Å². The highest BCUT2D eigenvalue weighted by Crippen LogP contribution is 2.42. The predicted octanol–water partition coefficient (Wildman–Crippen LogP) is 4.73. The van der Waals surface area contributed by atoms with E-state index < -0.39 is 5.41 Å². The van der Waals surface area contributed by atoms with Crippen molar-refractivity contribution in [1.29, 1.82) is 0 Å². The number of thioether (sulfide) groups is 1. The van der Waals surface area contributed by atoms with Gasteiger partial charge in [-0.1, -0.05) is 12.1 Å². The maximum atomic E-state index is 12.6. The summed E-state index contributed by atoms with van der Waals surface area (Å²) in [6.07, 6.45) is 0. The summed E-state index contributed by atoms with van der Waals surface area (Å²) in [4.78, 5) is 28.9. The third-order valence-electron chi connectivity index (χ3n) is 4.89. The van der Waals surface area contributed by atoms with Crippen molar-refractivity contribution in [3.8, 4) is 0 Å². The molecule has 1 aliphatic rings. The molecule has 0 bridgehead atoms. The lowest BCUT2D eigenvalue weighted by molar-refractivity contribution is -0.123. The zero-order valence-electron chi connectivity index (χ0n) is 17.1. The van der Waals surface area contributed by atoms with Gasteiger partial charge in [-0.15, -0.1) is 23.4 Å². The van der Waals surface area contributed by atoms with Crippen LogP contribution >= 0.6 is 23.4 Å². The molecule has 1 saturated heterocycles. The zero-order valence-corrected chi connectivity index (χ0v) is 18.7. The number of carbonyl (C=O) groups excluding carboxylic acids is 2. The number of rotatable bonds is 6. The average molecular weight is 432 g/mol. The molecule has 0 aromatic heterocycles. The first-order chi connectivity index (χ1) is 13.7. The molecule has 0 aliphatic carbocycles. The largest absolute Gasteiger partial charge is 0.378 e. The van der Waals surface area contributed by atoms with Crippen LogP contribution in [-0.2, 0) is 9.59 Å². The number of halogens is 1. The molecule has 1 heterocycles. The normalized spacial score (nSPS) is 16.8. The number of benzene rings is 2. The van der Waals surface area contributed by atoms with Crippen LogP contribution in [0.15, 0.2) is 48.5 Å². The Bertz CT molecular complexity index is 899. The summed E-state index contributed by atoms with van der Waals surface area (Å²) < 4.78 is 0. The van der Waals surface area contributed by atoms with Gasteiger partial charge in [0.2, 0.25) is 11.8 Å². The fraction of sp³-hybridized carbons (Fsp3) is 0.364. The van der Waals surface area contributed by atoms with Gasteiger partial charge in [0.15, 0.2) is 0 Å². The van der Waals surface area contributed by atoms with E-state index in [0.717, 1.165) is 16.9 Å². The highest BCUT2D eigenvalue weighted by molar-refractivity contribution is 8.00. The third kappa shape index (κ3) is 4.70. The van der Waals surface area contributed by atoms with Crippen LogP contribution in [0.5, 0.6) is 0 Å². The van der Waals surface area contributed by atoms with Gasteiger partial charge in [-0.3, -0.25) is 14.5 Å². The van der Waals surface area contributed by atoms with E-state index in [0.29, 0.717) is 11.4 Å². The van der Waals surface area contributed by atoms with Crippen molar-refractivity contribution in [2.75, 3.05) is 40.8 Å². The Balaban J connectivity index is 1.85. The van der Waals surface area contributed by atoms with Crippen LogP contribution in [0.2, 0.25) is 0 Å². The maximum Gasteiger partial charge on any atom is 0.238 e. The van der Waals surface area contributed by atoms with Crippen molar-refractivity contribution < 1.29 is 9.59 Å². The molecular formula is C22H26ClN3O2S. The number of carbonyl (C=O) groups is 2. The second-order valence-corrected chi connectivity index (χ2v) is 9.27. The molecule has 0 saturated carbocycles. The van der Waals surface area contributed by atoms with E-state index in [9.17, 15) is 9.59 Å². The smallest absolute Gasteiger partial charge is 0.238 e. The van der Waals surface area contributed by atoms with Crippen LogP contribution in [-0.4, -0.2) is 37.5 Å². The lowest BCUT2D eigenvalue weighted by atomic mass is 9.95. The van der Waals surface area contributed by atoms with E-state index in [4.69, 9.17) is 11.6 Å². The SMILES string of the molecule is CN(C)c1ccc(N2C(=O)CSC2c2cccc(NC(=O)C(C)(C)CCl)c2)cc1. The quantitative estimate of drug-likeness (QED) is 0.671. The van der Waals surface area contributed by atoms with Crippen molar-refractivity contribution in [3.63, 3.8) is 0 Å². The van der Waals surface area contributed by atoms with E-state index >= 15 is 0 Å². The minimum absolute atomic E-state index is 0.0790. The van der Waals surface area contributed by atoms with Crippen molar-refractivity contribution in [1.82, 2.24) is 0 Å². The van der Waals surface area contributed by atoms with E-state index in [1.165, 1.54) is 0 Å². The van der Waals surface area contributed by atoms with Crippen LogP contribution in [0.4, 0.5) is 17.1 Å². The van der Waals surface area contributed by atoms with Crippen molar-refractivity contribution in [2.24, 2.45) is 5.41 Å². The van der Waals surface area contributed by atoms with Crippen LogP contribution < -0.4 is 15.1 Å². The zero-order chi connectivity index (χ0) is 21.2. The van der Waals surface area contributed by atoms with Gasteiger partial charge in [0.1, 0.15) is 5.37 Å². The summed E-state index contributed by atoms with van der Waals surface area (Å²) in [7, 11) is 3.97. The van der Waals surface area contributed by atoms with E-state index in [2.05, 4.69) is 5.32 Å². The second-order valence-electron chi connectivity index (χ2n) is 7.94. The van der Waals surface area contributed by atoms with Crippen LogP contribution in [0, 0.1) is 5.41 Å². The Morgan fingerprint density at radius 2 is 1.93 bits per heavy atom. The molecule has 2 aromatic carbocycles. The van der Waals surface area contributed by atoms with Gasteiger partial charge in [-0.25, -0.2) is 0 Å². The first-order valence-electron chi connectivity index (χ1n) is 9.41. The number of alkyl halides is 1. The summed E-state index contributed by atoms with van der Waals surface area (Å²) in [5.74, 6) is 0.615. The van der Waals surface area contributed by atoms with Crippen LogP contribution in [0.25, 0.3) is 0 Å². The first-order valence-corrected chi connectivity index (χ1v) is 11.0. The Kier molecular flexibility index (Phi) is 6.44. The molecule has 1 unspecified atom stereocenters. The van der Waals surface area contributed by atoms with Crippen LogP contribution in [0.3, 0.4) is 0 Å². The highest BCUT2D eigenvalue weighted by Gasteiger charge is 2.34. The van der Waals surface area contributed by atoms with Gasteiger partial charge in [-0.05, 0) is 55.8 Å². The number of hydrogen-bond acceptors (Lipinski definition) is 4. The summed E-state index contributed by atoms with van der Waals surface area (Å²) in [6.45, 7) is 3.62. The topological polar surface area (TPSA) is 52.6 Å². The molecule has 2 amide bonds. The first kappa shape index (κ1) is 21.5. The van der Waals surface area contributed by atoms with E-state index in [1.54, 1.807) is 11.8 Å². The summed E-state index contributed by atoms with van der Waals surface area (Å²) in [5, 5.41) is 2.81. The molecular weight excluding hydrogens is 406 g/mol. The number of anilines is 3. The second kappa shape index (κ2) is 8.67. The fourth-order valence-electron chi connectivity index (χ4n) is 2.99. The van der Waals surface area contributed by atoms with Gasteiger partial charge in [0.25, 0.3) is 0 Å². The van der Waals surface area contributed by atoms with Gasteiger partial charge in [0.05, 0.1) is 11.2 Å². The Hall–Kier alpha value is -2.18. The molecule has 2 aromatic rings. The average Bonchev–Trinajstić information content (AvgIpc) is 3.09. The Labute approximate surface area is 181 Å². The van der Waals surface area contributed by atoms with Gasteiger partial charge >= 0.3 is 0 Å². The highest BCUT2D eigenvalue weighted by atomic mass is 35.5. The lowest BCUT2D eigenvalue weighted by Crippen LogP contribution is -2.32. The van der Waals surface area contributed by atoms with Crippen molar-refractivity contribution in [3.05, 3.63) is 54.1 Å².